The predicted molar refractivity (Wildman–Crippen MR) is 107 cm³/mol. The van der Waals surface area contributed by atoms with Gasteiger partial charge in [-0.25, -0.2) is 8.42 Å². The van der Waals surface area contributed by atoms with Crippen LogP contribution in [0.2, 0.25) is 0 Å². The number of hydrogen-bond acceptors (Lipinski definition) is 5. The van der Waals surface area contributed by atoms with Crippen LogP contribution in [0.3, 0.4) is 0 Å². The Balaban J connectivity index is 1.66. The maximum Gasteiger partial charge on any atom is 0.253 e. The lowest BCUT2D eigenvalue weighted by Crippen LogP contribution is -2.35. The number of carbonyl (C=O) groups excluding carboxylic acids is 1. The fraction of sp³-hybridized carbons (Fsp3) is 0.333. The Kier molecular flexibility index (Phi) is 6.12. The van der Waals surface area contributed by atoms with Gasteiger partial charge in [0.05, 0.1) is 16.5 Å². The normalized spacial score (nSPS) is 15.6. The minimum absolute atomic E-state index is 0.140. The van der Waals surface area contributed by atoms with E-state index < -0.39 is 9.84 Å². The van der Waals surface area contributed by atoms with Crippen LogP contribution in [0.1, 0.15) is 27.9 Å². The maximum absolute atomic E-state index is 12.9. The molecule has 1 heterocycles. The zero-order chi connectivity index (χ0) is 20.1. The molecular weight excluding hydrogens is 374 g/mol. The number of benzene rings is 2. The first-order valence-electron chi connectivity index (χ1n) is 9.17. The summed E-state index contributed by atoms with van der Waals surface area (Å²) < 4.78 is 23.5. The molecule has 2 aromatic rings. The zero-order valence-electron chi connectivity index (χ0n) is 15.8. The Labute approximate surface area is 165 Å². The van der Waals surface area contributed by atoms with Gasteiger partial charge in [-0.05, 0) is 42.3 Å². The molecule has 0 aromatic heterocycles. The minimum atomic E-state index is -3.35. The summed E-state index contributed by atoms with van der Waals surface area (Å²) in [5, 5.41) is 9.04. The molecule has 7 heteroatoms. The van der Waals surface area contributed by atoms with Crippen molar-refractivity contribution in [3.63, 3.8) is 0 Å². The number of carbonyl (C=O) groups is 1. The average molecular weight is 398 g/mol. The molecule has 1 aliphatic rings. The topological polar surface area (TPSA) is 81.5 Å². The molecule has 0 N–H and O–H groups in total. The Morgan fingerprint density at radius 3 is 2.61 bits per heavy atom. The number of nitrogens with zero attached hydrogens (tertiary/aromatic N) is 3. The zero-order valence-corrected chi connectivity index (χ0v) is 16.7. The molecule has 0 atom stereocenters. The second-order valence-electron chi connectivity index (χ2n) is 7.03. The van der Waals surface area contributed by atoms with Crippen molar-refractivity contribution in [2.24, 2.45) is 0 Å². The van der Waals surface area contributed by atoms with Gasteiger partial charge in [0.1, 0.15) is 0 Å². The van der Waals surface area contributed by atoms with Crippen molar-refractivity contribution in [3.05, 3.63) is 65.2 Å². The van der Waals surface area contributed by atoms with Crippen LogP contribution >= 0.6 is 0 Å². The third kappa shape index (κ3) is 4.97. The van der Waals surface area contributed by atoms with Crippen molar-refractivity contribution < 1.29 is 13.2 Å². The Bertz CT molecular complexity index is 1010. The molecule has 2 aromatic carbocycles. The summed E-state index contributed by atoms with van der Waals surface area (Å²) in [6, 6.07) is 16.0. The Morgan fingerprint density at radius 2 is 1.86 bits per heavy atom. The van der Waals surface area contributed by atoms with Gasteiger partial charge in [0, 0.05) is 44.5 Å². The summed E-state index contributed by atoms with van der Waals surface area (Å²) in [5.74, 6) is -0.140. The van der Waals surface area contributed by atoms with Gasteiger partial charge in [0.25, 0.3) is 5.91 Å². The van der Waals surface area contributed by atoms with E-state index in [4.69, 9.17) is 5.26 Å². The van der Waals surface area contributed by atoms with Gasteiger partial charge in [0.15, 0.2) is 9.84 Å². The number of rotatable bonds is 4. The summed E-state index contributed by atoms with van der Waals surface area (Å²) in [6.07, 6.45) is 1.98. The standard InChI is InChI=1S/C21H23N3O3S/c1-28(26,27)20-8-3-7-19(14-20)21(25)24-10-4-9-23(11-12-24)16-18-6-2-5-17(13-18)15-22/h2-3,5-8,13-14H,4,9-12,16H2,1H3. The van der Waals surface area contributed by atoms with Crippen molar-refractivity contribution in [1.82, 2.24) is 9.80 Å². The molecular formula is C21H23N3O3S. The van der Waals surface area contributed by atoms with Crippen LogP contribution in [0, 0.1) is 11.3 Å². The fourth-order valence-corrected chi connectivity index (χ4v) is 4.04. The third-order valence-corrected chi connectivity index (χ3v) is 5.96. The molecule has 0 aliphatic carbocycles. The molecule has 1 amide bonds. The highest BCUT2D eigenvalue weighted by molar-refractivity contribution is 7.90. The lowest BCUT2D eigenvalue weighted by Gasteiger charge is -2.22. The number of sulfone groups is 1. The Hall–Kier alpha value is -2.69. The highest BCUT2D eigenvalue weighted by Crippen LogP contribution is 2.16. The van der Waals surface area contributed by atoms with Gasteiger partial charge in [0.2, 0.25) is 0 Å². The molecule has 0 spiro atoms. The maximum atomic E-state index is 12.9. The van der Waals surface area contributed by atoms with E-state index in [0.29, 0.717) is 24.2 Å². The first-order chi connectivity index (χ1) is 13.4. The van der Waals surface area contributed by atoms with E-state index in [1.54, 1.807) is 23.1 Å². The van der Waals surface area contributed by atoms with E-state index in [0.717, 1.165) is 37.9 Å². The summed E-state index contributed by atoms with van der Waals surface area (Å²) >= 11 is 0. The van der Waals surface area contributed by atoms with E-state index in [-0.39, 0.29) is 10.8 Å². The molecule has 0 saturated carbocycles. The van der Waals surface area contributed by atoms with Gasteiger partial charge in [-0.1, -0.05) is 18.2 Å². The van der Waals surface area contributed by atoms with Crippen LogP contribution in [0.4, 0.5) is 0 Å². The second kappa shape index (κ2) is 8.55. The van der Waals surface area contributed by atoms with Gasteiger partial charge in [-0.2, -0.15) is 5.26 Å². The van der Waals surface area contributed by atoms with Gasteiger partial charge >= 0.3 is 0 Å². The average Bonchev–Trinajstić information content (AvgIpc) is 2.92. The van der Waals surface area contributed by atoms with Crippen LogP contribution in [0.5, 0.6) is 0 Å². The van der Waals surface area contributed by atoms with Crippen molar-refractivity contribution in [2.75, 3.05) is 32.4 Å². The molecule has 0 radical (unpaired) electrons. The lowest BCUT2D eigenvalue weighted by molar-refractivity contribution is 0.0761. The number of nitriles is 1. The second-order valence-corrected chi connectivity index (χ2v) is 9.05. The molecule has 0 bridgehead atoms. The van der Waals surface area contributed by atoms with Crippen LogP contribution in [0.15, 0.2) is 53.4 Å². The number of hydrogen-bond donors (Lipinski definition) is 0. The largest absolute Gasteiger partial charge is 0.337 e. The van der Waals surface area contributed by atoms with E-state index in [9.17, 15) is 13.2 Å². The summed E-state index contributed by atoms with van der Waals surface area (Å²) in [4.78, 5) is 17.1. The van der Waals surface area contributed by atoms with E-state index in [1.165, 1.54) is 12.1 Å². The lowest BCUT2D eigenvalue weighted by atomic mass is 10.1. The van der Waals surface area contributed by atoms with E-state index in [2.05, 4.69) is 11.0 Å². The molecule has 1 saturated heterocycles. The first-order valence-corrected chi connectivity index (χ1v) is 11.1. The van der Waals surface area contributed by atoms with Crippen LogP contribution in [-0.2, 0) is 16.4 Å². The van der Waals surface area contributed by atoms with Crippen molar-refractivity contribution in [1.29, 1.82) is 5.26 Å². The van der Waals surface area contributed by atoms with Crippen molar-refractivity contribution in [2.45, 2.75) is 17.9 Å². The Morgan fingerprint density at radius 1 is 1.07 bits per heavy atom. The molecule has 0 unspecified atom stereocenters. The summed E-state index contributed by atoms with van der Waals surface area (Å²) in [7, 11) is -3.35. The monoisotopic (exact) mass is 397 g/mol. The van der Waals surface area contributed by atoms with E-state index >= 15 is 0 Å². The van der Waals surface area contributed by atoms with Crippen molar-refractivity contribution >= 4 is 15.7 Å². The van der Waals surface area contributed by atoms with Crippen LogP contribution < -0.4 is 0 Å². The predicted octanol–water partition coefficient (Wildman–Crippen LogP) is 2.31. The third-order valence-electron chi connectivity index (χ3n) is 4.85. The van der Waals surface area contributed by atoms with Gasteiger partial charge in [-0.3, -0.25) is 9.69 Å². The van der Waals surface area contributed by atoms with Crippen molar-refractivity contribution in [3.8, 4) is 6.07 Å². The summed E-state index contributed by atoms with van der Waals surface area (Å²) in [5.41, 5.74) is 2.13. The minimum Gasteiger partial charge on any atom is -0.337 e. The SMILES string of the molecule is CS(=O)(=O)c1cccc(C(=O)N2CCCN(Cc3cccc(C#N)c3)CC2)c1. The smallest absolute Gasteiger partial charge is 0.253 e. The molecule has 1 fully saturated rings. The fourth-order valence-electron chi connectivity index (χ4n) is 3.37. The quantitative estimate of drug-likeness (QED) is 0.791. The molecule has 3 rings (SSSR count). The molecule has 146 valence electrons. The van der Waals surface area contributed by atoms with Gasteiger partial charge in [-0.15, -0.1) is 0 Å². The van der Waals surface area contributed by atoms with Crippen LogP contribution in [-0.4, -0.2) is 56.6 Å². The molecule has 28 heavy (non-hydrogen) atoms. The highest BCUT2D eigenvalue weighted by Gasteiger charge is 2.21. The first kappa shape index (κ1) is 20.1. The van der Waals surface area contributed by atoms with E-state index in [1.807, 2.05) is 18.2 Å². The summed E-state index contributed by atoms with van der Waals surface area (Å²) in [6.45, 7) is 3.55. The highest BCUT2D eigenvalue weighted by atomic mass is 32.2. The van der Waals surface area contributed by atoms with Gasteiger partial charge < -0.3 is 4.90 Å². The number of amides is 1. The van der Waals surface area contributed by atoms with Crippen LogP contribution in [0.25, 0.3) is 0 Å². The molecule has 6 nitrogen and oxygen atoms in total. The molecule has 1 aliphatic heterocycles.